The van der Waals surface area contributed by atoms with Crippen molar-refractivity contribution >= 4 is 0 Å². The van der Waals surface area contributed by atoms with Crippen LogP contribution in [0.5, 0.6) is 0 Å². The highest BCUT2D eigenvalue weighted by atomic mass is 19.1. The molecule has 0 atom stereocenters. The van der Waals surface area contributed by atoms with Crippen molar-refractivity contribution in [3.63, 3.8) is 0 Å². The molecule has 0 aromatic carbocycles. The highest BCUT2D eigenvalue weighted by Gasteiger charge is 1.90. The van der Waals surface area contributed by atoms with Crippen LogP contribution in [0.4, 0.5) is 4.39 Å². The summed E-state index contributed by atoms with van der Waals surface area (Å²) in [6, 6.07) is 0. The Labute approximate surface area is 60.7 Å². The zero-order chi connectivity index (χ0) is 7.98. The Balaban J connectivity index is 4.03. The van der Waals surface area contributed by atoms with Crippen molar-refractivity contribution in [2.24, 2.45) is 5.73 Å². The summed E-state index contributed by atoms with van der Waals surface area (Å²) in [5.74, 6) is -0.455. The Morgan fingerprint density at radius 2 is 2.20 bits per heavy atom. The number of hydrogen-bond acceptors (Lipinski definition) is 1. The monoisotopic (exact) mass is 141 g/mol. The molecule has 0 aliphatic carbocycles. The highest BCUT2D eigenvalue weighted by molar-refractivity contribution is 5.23. The van der Waals surface area contributed by atoms with E-state index in [0.29, 0.717) is 13.0 Å². The van der Waals surface area contributed by atoms with Crippen LogP contribution in [0.2, 0.25) is 0 Å². The molecule has 56 valence electrons. The molecule has 0 fully saturated rings. The topological polar surface area (TPSA) is 26.0 Å². The lowest BCUT2D eigenvalue weighted by Gasteiger charge is -1.95. The number of allylic oxidation sites excluding steroid dienone is 3. The third kappa shape index (κ3) is 4.04. The molecule has 2 N–H and O–H groups in total. The van der Waals surface area contributed by atoms with Gasteiger partial charge in [0.15, 0.2) is 0 Å². The van der Waals surface area contributed by atoms with Gasteiger partial charge < -0.3 is 5.73 Å². The minimum absolute atomic E-state index is 0.455. The maximum atomic E-state index is 12.1. The minimum Gasteiger partial charge on any atom is -0.330 e. The third-order valence-electron chi connectivity index (χ3n) is 1.04. The van der Waals surface area contributed by atoms with E-state index in [9.17, 15) is 4.39 Å². The lowest BCUT2D eigenvalue weighted by atomic mass is 10.2. The van der Waals surface area contributed by atoms with Gasteiger partial charge in [0.25, 0.3) is 0 Å². The quantitative estimate of drug-likeness (QED) is 0.595. The van der Waals surface area contributed by atoms with Crippen LogP contribution < -0.4 is 5.73 Å². The normalized spacial score (nSPS) is 11.2. The zero-order valence-electron chi connectivity index (χ0n) is 5.94. The van der Waals surface area contributed by atoms with Gasteiger partial charge in [0.1, 0.15) is 5.83 Å². The van der Waals surface area contributed by atoms with Crippen LogP contribution in [0.15, 0.2) is 36.7 Å². The summed E-state index contributed by atoms with van der Waals surface area (Å²) in [7, 11) is 0. The number of hydrogen-bond donors (Lipinski definition) is 1. The lowest BCUT2D eigenvalue weighted by molar-refractivity contribution is 0.669. The summed E-state index contributed by atoms with van der Waals surface area (Å²) in [6.07, 6.45) is 3.56. The third-order valence-corrected chi connectivity index (χ3v) is 1.04. The summed E-state index contributed by atoms with van der Waals surface area (Å²) in [4.78, 5) is 0. The van der Waals surface area contributed by atoms with Gasteiger partial charge >= 0.3 is 0 Å². The highest BCUT2D eigenvalue weighted by Crippen LogP contribution is 2.05. The van der Waals surface area contributed by atoms with Crippen LogP contribution >= 0.6 is 0 Å². The molecule has 0 heterocycles. The fourth-order valence-corrected chi connectivity index (χ4v) is 0.601. The second-order valence-corrected chi connectivity index (χ2v) is 1.91. The Morgan fingerprint density at radius 3 is 2.50 bits per heavy atom. The molecule has 0 saturated carbocycles. The van der Waals surface area contributed by atoms with E-state index in [0.717, 1.165) is 5.57 Å². The first kappa shape index (κ1) is 9.11. The minimum atomic E-state index is -0.455. The van der Waals surface area contributed by atoms with E-state index in [2.05, 4.69) is 13.2 Å². The molecular formula is C8H12FN. The van der Waals surface area contributed by atoms with Crippen molar-refractivity contribution in [2.45, 2.75) is 6.42 Å². The summed E-state index contributed by atoms with van der Waals surface area (Å²) in [5.41, 5.74) is 6.03. The van der Waals surface area contributed by atoms with E-state index in [1.54, 1.807) is 6.08 Å². The van der Waals surface area contributed by atoms with Gasteiger partial charge in [0.05, 0.1) is 0 Å². The first-order chi connectivity index (χ1) is 4.70. The molecule has 0 aliphatic rings. The molecular weight excluding hydrogens is 129 g/mol. The van der Waals surface area contributed by atoms with Gasteiger partial charge in [0.2, 0.25) is 0 Å². The van der Waals surface area contributed by atoms with Gasteiger partial charge in [-0.25, -0.2) is 4.39 Å². The van der Waals surface area contributed by atoms with Gasteiger partial charge in [0, 0.05) is 0 Å². The van der Waals surface area contributed by atoms with Gasteiger partial charge in [-0.2, -0.15) is 0 Å². The second-order valence-electron chi connectivity index (χ2n) is 1.91. The van der Waals surface area contributed by atoms with E-state index < -0.39 is 5.83 Å². The summed E-state index contributed by atoms with van der Waals surface area (Å²) < 4.78 is 12.1. The molecule has 2 heteroatoms. The maximum absolute atomic E-state index is 12.1. The lowest BCUT2D eigenvalue weighted by Crippen LogP contribution is -1.98. The summed E-state index contributed by atoms with van der Waals surface area (Å²) in [6.45, 7) is 7.10. The molecule has 0 aromatic rings. The van der Waals surface area contributed by atoms with Crippen LogP contribution in [-0.4, -0.2) is 6.54 Å². The van der Waals surface area contributed by atoms with E-state index in [1.165, 1.54) is 6.08 Å². The van der Waals surface area contributed by atoms with E-state index in [-0.39, 0.29) is 0 Å². The van der Waals surface area contributed by atoms with Crippen LogP contribution in [0, 0.1) is 0 Å². The standard InChI is InChI=1S/C8H12FN/c1-3-8(4-5-10)6-7(2)9/h3,6H,1-2,4-5,10H2/b8-6+. The predicted octanol–water partition coefficient (Wildman–Crippen LogP) is 1.93. The average molecular weight is 141 g/mol. The van der Waals surface area contributed by atoms with Crippen LogP contribution in [0.25, 0.3) is 0 Å². The number of rotatable bonds is 4. The molecule has 0 aliphatic heterocycles. The van der Waals surface area contributed by atoms with Crippen molar-refractivity contribution in [3.8, 4) is 0 Å². The Morgan fingerprint density at radius 1 is 1.60 bits per heavy atom. The molecule has 0 unspecified atom stereocenters. The largest absolute Gasteiger partial charge is 0.330 e. The van der Waals surface area contributed by atoms with Gasteiger partial charge in [-0.15, -0.1) is 0 Å². The van der Waals surface area contributed by atoms with Crippen molar-refractivity contribution in [2.75, 3.05) is 6.54 Å². The summed E-state index contributed by atoms with van der Waals surface area (Å²) in [5, 5.41) is 0. The average Bonchev–Trinajstić information content (AvgIpc) is 1.86. The van der Waals surface area contributed by atoms with E-state index >= 15 is 0 Å². The molecule has 0 bridgehead atoms. The number of halogens is 1. The van der Waals surface area contributed by atoms with Crippen LogP contribution in [-0.2, 0) is 0 Å². The number of nitrogens with two attached hydrogens (primary N) is 1. The van der Waals surface area contributed by atoms with Gasteiger partial charge in [-0.1, -0.05) is 19.2 Å². The molecule has 1 nitrogen and oxygen atoms in total. The zero-order valence-corrected chi connectivity index (χ0v) is 5.94. The van der Waals surface area contributed by atoms with Gasteiger partial charge in [-0.3, -0.25) is 0 Å². The van der Waals surface area contributed by atoms with Crippen molar-refractivity contribution < 1.29 is 4.39 Å². The van der Waals surface area contributed by atoms with E-state index in [4.69, 9.17) is 5.73 Å². The van der Waals surface area contributed by atoms with Crippen molar-refractivity contribution in [1.29, 1.82) is 0 Å². The molecule has 0 aromatic heterocycles. The van der Waals surface area contributed by atoms with Crippen molar-refractivity contribution in [1.82, 2.24) is 0 Å². The second kappa shape index (κ2) is 4.94. The fourth-order valence-electron chi connectivity index (χ4n) is 0.601. The molecule has 0 saturated heterocycles. The first-order valence-corrected chi connectivity index (χ1v) is 3.08. The SMILES string of the molecule is C=C/C(=C\C(=C)F)CCN. The van der Waals surface area contributed by atoms with E-state index in [1.807, 2.05) is 0 Å². The molecule has 0 spiro atoms. The first-order valence-electron chi connectivity index (χ1n) is 3.08. The fraction of sp³-hybridized carbons (Fsp3) is 0.250. The van der Waals surface area contributed by atoms with Crippen LogP contribution in [0.3, 0.4) is 0 Å². The van der Waals surface area contributed by atoms with Crippen molar-refractivity contribution in [3.05, 3.63) is 36.7 Å². The molecule has 0 amide bonds. The maximum Gasteiger partial charge on any atom is 0.116 e. The van der Waals surface area contributed by atoms with Crippen LogP contribution in [0.1, 0.15) is 6.42 Å². The molecule has 10 heavy (non-hydrogen) atoms. The Hall–Kier alpha value is -0.890. The molecule has 0 rings (SSSR count). The summed E-state index contributed by atoms with van der Waals surface area (Å²) >= 11 is 0. The molecule has 0 radical (unpaired) electrons. The van der Waals surface area contributed by atoms with Gasteiger partial charge in [-0.05, 0) is 24.6 Å². The Bertz CT molecular complexity index is 159. The Kier molecular flexibility index (Phi) is 4.50. The predicted molar refractivity (Wildman–Crippen MR) is 42.2 cm³/mol. The smallest absolute Gasteiger partial charge is 0.116 e.